The van der Waals surface area contributed by atoms with E-state index >= 15 is 0 Å². The predicted octanol–water partition coefficient (Wildman–Crippen LogP) is 0.256. The molecule has 1 aromatic heterocycles. The van der Waals surface area contributed by atoms with Gasteiger partial charge in [-0.2, -0.15) is 0 Å². The summed E-state index contributed by atoms with van der Waals surface area (Å²) >= 11 is 0. The molecule has 0 bridgehead atoms. The van der Waals surface area contributed by atoms with Gasteiger partial charge in [-0.15, -0.1) is 0 Å². The first-order chi connectivity index (χ1) is 6.46. The lowest BCUT2D eigenvalue weighted by Gasteiger charge is -2.25. The Hall–Kier alpha value is -1.20. The van der Waals surface area contributed by atoms with Gasteiger partial charge in [0.1, 0.15) is 11.8 Å². The smallest absolute Gasteiger partial charge is 0.238 e. The number of aliphatic hydroxyl groups is 1. The Morgan fingerprint density at radius 3 is 2.50 bits per heavy atom. The lowest BCUT2D eigenvalue weighted by molar-refractivity contribution is 0.0965. The van der Waals surface area contributed by atoms with E-state index in [9.17, 15) is 5.11 Å². The Morgan fingerprint density at radius 2 is 2.00 bits per heavy atom. The summed E-state index contributed by atoms with van der Waals surface area (Å²) < 4.78 is 4.97. The third-order valence-electron chi connectivity index (χ3n) is 1.85. The normalized spacial score (nSPS) is 13.8. The Morgan fingerprint density at radius 1 is 1.43 bits per heavy atom. The lowest BCUT2D eigenvalue weighted by atomic mass is 9.96. The van der Waals surface area contributed by atoms with Crippen LogP contribution in [0.15, 0.2) is 12.4 Å². The fourth-order valence-corrected chi connectivity index (χ4v) is 1.03. The molecular formula is C9H15N3O2. The van der Waals surface area contributed by atoms with Gasteiger partial charge < -0.3 is 15.6 Å². The third-order valence-corrected chi connectivity index (χ3v) is 1.85. The molecule has 0 aromatic carbocycles. The van der Waals surface area contributed by atoms with E-state index in [2.05, 4.69) is 9.97 Å². The summed E-state index contributed by atoms with van der Waals surface area (Å²) in [5.74, 6) is 0.304. The highest BCUT2D eigenvalue weighted by Crippen LogP contribution is 2.26. The Balaban J connectivity index is 3.06. The molecule has 1 rings (SSSR count). The lowest BCUT2D eigenvalue weighted by Crippen LogP contribution is -2.39. The molecule has 1 heterocycles. The van der Waals surface area contributed by atoms with Crippen LogP contribution in [0.3, 0.4) is 0 Å². The second-order valence-corrected chi connectivity index (χ2v) is 3.67. The fourth-order valence-electron chi connectivity index (χ4n) is 1.03. The third kappa shape index (κ3) is 2.18. The van der Waals surface area contributed by atoms with Gasteiger partial charge in [0.15, 0.2) is 0 Å². The molecule has 1 unspecified atom stereocenters. The highest BCUT2D eigenvalue weighted by Gasteiger charge is 2.28. The van der Waals surface area contributed by atoms with Crippen LogP contribution in [0.5, 0.6) is 5.88 Å². The van der Waals surface area contributed by atoms with Gasteiger partial charge in [-0.25, -0.2) is 4.98 Å². The van der Waals surface area contributed by atoms with Crippen molar-refractivity contribution in [2.45, 2.75) is 25.5 Å². The van der Waals surface area contributed by atoms with Gasteiger partial charge in [0, 0.05) is 17.9 Å². The van der Waals surface area contributed by atoms with Gasteiger partial charge in [0.25, 0.3) is 0 Å². The van der Waals surface area contributed by atoms with E-state index in [1.54, 1.807) is 13.8 Å². The number of aromatic nitrogens is 2. The largest absolute Gasteiger partial charge is 0.480 e. The molecule has 14 heavy (non-hydrogen) atoms. The number of hydrogen-bond donors (Lipinski definition) is 2. The molecule has 0 amide bonds. The van der Waals surface area contributed by atoms with Crippen molar-refractivity contribution in [1.82, 2.24) is 9.97 Å². The van der Waals surface area contributed by atoms with Gasteiger partial charge in [0.05, 0.1) is 7.11 Å². The zero-order valence-corrected chi connectivity index (χ0v) is 8.56. The molecule has 0 aliphatic heterocycles. The molecule has 0 aliphatic carbocycles. The maximum absolute atomic E-state index is 9.86. The van der Waals surface area contributed by atoms with Crippen LogP contribution < -0.4 is 10.5 Å². The molecule has 5 nitrogen and oxygen atoms in total. The van der Waals surface area contributed by atoms with Crippen molar-refractivity contribution in [2.75, 3.05) is 7.11 Å². The highest BCUT2D eigenvalue weighted by molar-refractivity contribution is 5.22. The molecule has 0 spiro atoms. The fraction of sp³-hybridized carbons (Fsp3) is 0.556. The first-order valence-corrected chi connectivity index (χ1v) is 4.28. The second-order valence-electron chi connectivity index (χ2n) is 3.67. The van der Waals surface area contributed by atoms with Crippen LogP contribution in [0.1, 0.15) is 25.6 Å². The molecular weight excluding hydrogens is 182 g/mol. The van der Waals surface area contributed by atoms with Crippen molar-refractivity contribution < 1.29 is 9.84 Å². The van der Waals surface area contributed by atoms with Crippen molar-refractivity contribution in [1.29, 1.82) is 0 Å². The SMILES string of the molecule is COc1nccnc1C(O)C(C)(C)N. The molecule has 1 atom stereocenters. The Kier molecular flexibility index (Phi) is 3.03. The van der Waals surface area contributed by atoms with E-state index < -0.39 is 11.6 Å². The van der Waals surface area contributed by atoms with Gasteiger partial charge in [0.2, 0.25) is 5.88 Å². The van der Waals surface area contributed by atoms with E-state index in [-0.39, 0.29) is 0 Å². The van der Waals surface area contributed by atoms with Crippen LogP contribution in [0.25, 0.3) is 0 Å². The maximum Gasteiger partial charge on any atom is 0.238 e. The minimum Gasteiger partial charge on any atom is -0.480 e. The summed E-state index contributed by atoms with van der Waals surface area (Å²) in [5.41, 5.74) is 5.35. The quantitative estimate of drug-likeness (QED) is 0.726. The van der Waals surface area contributed by atoms with Crippen LogP contribution >= 0.6 is 0 Å². The second kappa shape index (κ2) is 3.89. The average molecular weight is 197 g/mol. The van der Waals surface area contributed by atoms with Crippen molar-refractivity contribution >= 4 is 0 Å². The van der Waals surface area contributed by atoms with Gasteiger partial charge in [-0.05, 0) is 13.8 Å². The average Bonchev–Trinajstić information content (AvgIpc) is 2.15. The molecule has 3 N–H and O–H groups in total. The van der Waals surface area contributed by atoms with Crippen molar-refractivity contribution in [3.8, 4) is 5.88 Å². The van der Waals surface area contributed by atoms with Crippen LogP contribution in [0, 0.1) is 0 Å². The number of methoxy groups -OCH3 is 1. The molecule has 78 valence electrons. The summed E-state index contributed by atoms with van der Waals surface area (Å²) in [7, 11) is 1.48. The number of ether oxygens (including phenoxy) is 1. The van der Waals surface area contributed by atoms with Crippen molar-refractivity contribution in [3.63, 3.8) is 0 Å². The van der Waals surface area contributed by atoms with E-state index in [1.807, 2.05) is 0 Å². The van der Waals surface area contributed by atoms with E-state index in [1.165, 1.54) is 19.5 Å². The zero-order chi connectivity index (χ0) is 10.8. The maximum atomic E-state index is 9.86. The van der Waals surface area contributed by atoms with Crippen LogP contribution in [0.4, 0.5) is 0 Å². The molecule has 0 fully saturated rings. The molecule has 1 aromatic rings. The van der Waals surface area contributed by atoms with Gasteiger partial charge in [-0.3, -0.25) is 4.98 Å². The summed E-state index contributed by atoms with van der Waals surface area (Å²) in [6.45, 7) is 3.43. The number of nitrogens with two attached hydrogens (primary N) is 1. The molecule has 0 radical (unpaired) electrons. The van der Waals surface area contributed by atoms with Crippen LogP contribution in [-0.4, -0.2) is 27.7 Å². The Labute approximate surface area is 82.9 Å². The number of rotatable bonds is 3. The standard InChI is InChI=1S/C9H15N3O2/c1-9(2,10)7(13)6-8(14-3)12-5-4-11-6/h4-5,7,13H,10H2,1-3H3. The first-order valence-electron chi connectivity index (χ1n) is 4.28. The highest BCUT2D eigenvalue weighted by atomic mass is 16.5. The molecule has 5 heteroatoms. The number of hydrogen-bond acceptors (Lipinski definition) is 5. The van der Waals surface area contributed by atoms with Gasteiger partial charge in [-0.1, -0.05) is 0 Å². The van der Waals surface area contributed by atoms with E-state index in [0.29, 0.717) is 11.6 Å². The predicted molar refractivity (Wildman–Crippen MR) is 51.8 cm³/mol. The van der Waals surface area contributed by atoms with Crippen molar-refractivity contribution in [3.05, 3.63) is 18.1 Å². The van der Waals surface area contributed by atoms with E-state index in [0.717, 1.165) is 0 Å². The summed E-state index contributed by atoms with van der Waals surface area (Å²) in [5, 5.41) is 9.86. The number of nitrogens with zero attached hydrogens (tertiary/aromatic N) is 2. The van der Waals surface area contributed by atoms with Crippen LogP contribution in [0.2, 0.25) is 0 Å². The minimum atomic E-state index is -0.897. The monoisotopic (exact) mass is 197 g/mol. The minimum absolute atomic E-state index is 0.304. The molecule has 0 saturated heterocycles. The zero-order valence-electron chi connectivity index (χ0n) is 8.56. The first kappa shape index (κ1) is 10.9. The topological polar surface area (TPSA) is 81.3 Å². The summed E-state index contributed by atoms with van der Waals surface area (Å²) in [6.07, 6.45) is 2.09. The summed E-state index contributed by atoms with van der Waals surface area (Å²) in [6, 6.07) is 0. The van der Waals surface area contributed by atoms with Crippen molar-refractivity contribution in [2.24, 2.45) is 5.73 Å². The molecule has 0 saturated carbocycles. The van der Waals surface area contributed by atoms with Gasteiger partial charge >= 0.3 is 0 Å². The summed E-state index contributed by atoms with van der Waals surface area (Å²) in [4.78, 5) is 7.93. The Bertz CT molecular complexity index is 309. The number of aliphatic hydroxyl groups excluding tert-OH is 1. The van der Waals surface area contributed by atoms with E-state index in [4.69, 9.17) is 10.5 Å². The molecule has 0 aliphatic rings. The van der Waals surface area contributed by atoms with Crippen LogP contribution in [-0.2, 0) is 0 Å².